The quantitative estimate of drug-likeness (QED) is 0.813. The molecule has 0 spiro atoms. The number of furan rings is 1. The Kier molecular flexibility index (Phi) is 4.67. The van der Waals surface area contributed by atoms with Gasteiger partial charge in [-0.1, -0.05) is 17.7 Å². The summed E-state index contributed by atoms with van der Waals surface area (Å²) < 4.78 is 10.6. The highest BCUT2D eigenvalue weighted by Gasteiger charge is 2.01. The number of halogens is 1. The van der Waals surface area contributed by atoms with Crippen molar-refractivity contribution in [1.29, 1.82) is 0 Å². The van der Waals surface area contributed by atoms with Crippen LogP contribution in [0, 0.1) is 6.92 Å². The second-order valence-electron chi connectivity index (χ2n) is 4.09. The molecule has 18 heavy (non-hydrogen) atoms. The number of benzene rings is 1. The summed E-state index contributed by atoms with van der Waals surface area (Å²) in [5.41, 5.74) is 2.27. The van der Waals surface area contributed by atoms with Crippen molar-refractivity contribution in [1.82, 2.24) is 5.32 Å². The average molecular weight is 266 g/mol. The minimum Gasteiger partial charge on any atom is -0.491 e. The van der Waals surface area contributed by atoms with Crippen LogP contribution in [0.15, 0.2) is 41.2 Å². The lowest BCUT2D eigenvalue weighted by atomic mass is 10.2. The predicted molar refractivity (Wildman–Crippen MR) is 72.1 cm³/mol. The fourth-order valence-electron chi connectivity index (χ4n) is 1.58. The van der Waals surface area contributed by atoms with Crippen LogP contribution in [-0.2, 0) is 6.54 Å². The molecule has 0 aliphatic carbocycles. The molecule has 0 atom stereocenters. The van der Waals surface area contributed by atoms with Gasteiger partial charge in [0.05, 0.1) is 17.5 Å². The zero-order chi connectivity index (χ0) is 12.8. The Morgan fingerprint density at radius 1 is 1.33 bits per heavy atom. The first-order valence-corrected chi connectivity index (χ1v) is 6.24. The van der Waals surface area contributed by atoms with Crippen molar-refractivity contribution >= 4 is 11.6 Å². The molecule has 1 N–H and O–H groups in total. The summed E-state index contributed by atoms with van der Waals surface area (Å²) >= 11 is 6.03. The normalized spacial score (nSPS) is 10.6. The van der Waals surface area contributed by atoms with Crippen LogP contribution in [0.3, 0.4) is 0 Å². The molecule has 1 heterocycles. The standard InChI is InChI=1S/C14H16ClNO2/c1-11-2-3-13(15)14(8-11)18-7-5-16-9-12-4-6-17-10-12/h2-4,6,8,10,16H,5,7,9H2,1H3. The Hall–Kier alpha value is -1.45. The highest BCUT2D eigenvalue weighted by molar-refractivity contribution is 6.32. The Labute approximate surface area is 112 Å². The number of hydrogen-bond acceptors (Lipinski definition) is 3. The summed E-state index contributed by atoms with van der Waals surface area (Å²) in [6.07, 6.45) is 3.39. The summed E-state index contributed by atoms with van der Waals surface area (Å²) in [4.78, 5) is 0. The van der Waals surface area contributed by atoms with Gasteiger partial charge >= 0.3 is 0 Å². The topological polar surface area (TPSA) is 34.4 Å². The molecule has 1 aromatic heterocycles. The van der Waals surface area contributed by atoms with Crippen molar-refractivity contribution in [3.63, 3.8) is 0 Å². The van der Waals surface area contributed by atoms with E-state index in [1.54, 1.807) is 12.5 Å². The zero-order valence-electron chi connectivity index (χ0n) is 10.3. The van der Waals surface area contributed by atoms with E-state index in [1.165, 1.54) is 0 Å². The summed E-state index contributed by atoms with van der Waals surface area (Å²) in [7, 11) is 0. The van der Waals surface area contributed by atoms with Crippen molar-refractivity contribution in [2.24, 2.45) is 0 Å². The maximum atomic E-state index is 6.03. The zero-order valence-corrected chi connectivity index (χ0v) is 11.0. The van der Waals surface area contributed by atoms with Gasteiger partial charge in [0.1, 0.15) is 12.4 Å². The maximum absolute atomic E-state index is 6.03. The van der Waals surface area contributed by atoms with Crippen LogP contribution in [0.1, 0.15) is 11.1 Å². The minimum absolute atomic E-state index is 0.584. The molecular formula is C14H16ClNO2. The van der Waals surface area contributed by atoms with Crippen LogP contribution >= 0.6 is 11.6 Å². The van der Waals surface area contributed by atoms with Crippen molar-refractivity contribution in [3.05, 3.63) is 52.9 Å². The van der Waals surface area contributed by atoms with E-state index in [2.05, 4.69) is 5.32 Å². The molecule has 2 rings (SSSR count). The van der Waals surface area contributed by atoms with Gasteiger partial charge in [0.25, 0.3) is 0 Å². The number of nitrogens with one attached hydrogen (secondary N) is 1. The monoisotopic (exact) mass is 265 g/mol. The van der Waals surface area contributed by atoms with Gasteiger partial charge in [0.15, 0.2) is 0 Å². The molecule has 0 fully saturated rings. The first-order chi connectivity index (χ1) is 8.75. The lowest BCUT2D eigenvalue weighted by molar-refractivity contribution is 0.313. The lowest BCUT2D eigenvalue weighted by Crippen LogP contribution is -2.20. The Morgan fingerprint density at radius 3 is 3.00 bits per heavy atom. The summed E-state index contributed by atoms with van der Waals surface area (Å²) in [6, 6.07) is 7.70. The number of ether oxygens (including phenoxy) is 1. The summed E-state index contributed by atoms with van der Waals surface area (Å²) in [5, 5.41) is 3.91. The van der Waals surface area contributed by atoms with Gasteiger partial charge in [-0.15, -0.1) is 0 Å². The van der Waals surface area contributed by atoms with Crippen LogP contribution in [0.5, 0.6) is 5.75 Å². The highest BCUT2D eigenvalue weighted by Crippen LogP contribution is 2.24. The SMILES string of the molecule is Cc1ccc(Cl)c(OCCNCc2ccoc2)c1. The highest BCUT2D eigenvalue weighted by atomic mass is 35.5. The van der Waals surface area contributed by atoms with Gasteiger partial charge in [-0.2, -0.15) is 0 Å². The molecule has 2 aromatic rings. The van der Waals surface area contributed by atoms with Crippen LogP contribution in [0.4, 0.5) is 0 Å². The van der Waals surface area contributed by atoms with E-state index in [-0.39, 0.29) is 0 Å². The van der Waals surface area contributed by atoms with Gasteiger partial charge in [-0.3, -0.25) is 0 Å². The first-order valence-electron chi connectivity index (χ1n) is 5.86. The summed E-state index contributed by atoms with van der Waals surface area (Å²) in [5.74, 6) is 0.738. The molecule has 0 radical (unpaired) electrons. The molecule has 1 aromatic carbocycles. The Morgan fingerprint density at radius 2 is 2.22 bits per heavy atom. The third-order valence-electron chi connectivity index (χ3n) is 2.53. The van der Waals surface area contributed by atoms with Crippen LogP contribution < -0.4 is 10.1 Å². The molecule has 96 valence electrons. The number of hydrogen-bond donors (Lipinski definition) is 1. The fourth-order valence-corrected chi connectivity index (χ4v) is 1.75. The van der Waals surface area contributed by atoms with Crippen molar-refractivity contribution < 1.29 is 9.15 Å². The maximum Gasteiger partial charge on any atom is 0.138 e. The average Bonchev–Trinajstić information content (AvgIpc) is 2.86. The molecule has 0 bridgehead atoms. The Balaban J connectivity index is 1.70. The van der Waals surface area contributed by atoms with Crippen LogP contribution in [-0.4, -0.2) is 13.2 Å². The van der Waals surface area contributed by atoms with Crippen molar-refractivity contribution in [2.75, 3.05) is 13.2 Å². The van der Waals surface area contributed by atoms with Crippen LogP contribution in [0.2, 0.25) is 5.02 Å². The second kappa shape index (κ2) is 6.47. The molecule has 0 saturated carbocycles. The smallest absolute Gasteiger partial charge is 0.138 e. The number of rotatable bonds is 6. The largest absolute Gasteiger partial charge is 0.491 e. The van der Waals surface area contributed by atoms with Gasteiger partial charge in [-0.05, 0) is 30.7 Å². The molecule has 4 heteroatoms. The lowest BCUT2D eigenvalue weighted by Gasteiger charge is -2.09. The molecular weight excluding hydrogens is 250 g/mol. The van der Waals surface area contributed by atoms with Crippen molar-refractivity contribution in [2.45, 2.75) is 13.5 Å². The predicted octanol–water partition coefficient (Wildman–Crippen LogP) is 3.41. The van der Waals surface area contributed by atoms with E-state index in [0.29, 0.717) is 11.6 Å². The van der Waals surface area contributed by atoms with Gasteiger partial charge in [0.2, 0.25) is 0 Å². The number of aryl methyl sites for hydroxylation is 1. The minimum atomic E-state index is 0.584. The third-order valence-corrected chi connectivity index (χ3v) is 2.84. The van der Waals surface area contributed by atoms with E-state index in [0.717, 1.165) is 30.0 Å². The molecule has 0 saturated heterocycles. The summed E-state index contributed by atoms with van der Waals surface area (Å²) in [6.45, 7) is 4.14. The first kappa shape index (κ1) is 13.0. The van der Waals surface area contributed by atoms with Gasteiger partial charge in [-0.25, -0.2) is 0 Å². The van der Waals surface area contributed by atoms with Crippen molar-refractivity contribution in [3.8, 4) is 5.75 Å². The molecule has 0 amide bonds. The fraction of sp³-hybridized carbons (Fsp3) is 0.286. The van der Waals surface area contributed by atoms with Gasteiger partial charge < -0.3 is 14.5 Å². The van der Waals surface area contributed by atoms with E-state index in [9.17, 15) is 0 Å². The Bertz CT molecular complexity index is 483. The molecule has 0 aliphatic heterocycles. The van der Waals surface area contributed by atoms with E-state index < -0.39 is 0 Å². The van der Waals surface area contributed by atoms with Crippen LogP contribution in [0.25, 0.3) is 0 Å². The second-order valence-corrected chi connectivity index (χ2v) is 4.50. The molecule has 0 aliphatic rings. The van der Waals surface area contributed by atoms with E-state index in [4.69, 9.17) is 20.8 Å². The van der Waals surface area contributed by atoms with E-state index in [1.807, 2.05) is 31.2 Å². The molecule has 0 unspecified atom stereocenters. The molecule has 3 nitrogen and oxygen atoms in total. The van der Waals surface area contributed by atoms with E-state index >= 15 is 0 Å². The van der Waals surface area contributed by atoms with Gasteiger partial charge in [0, 0.05) is 18.7 Å². The third kappa shape index (κ3) is 3.79.